The summed E-state index contributed by atoms with van der Waals surface area (Å²) >= 11 is 0. The van der Waals surface area contributed by atoms with Gasteiger partial charge in [0, 0.05) is 19.7 Å². The highest BCUT2D eigenvalue weighted by atomic mass is 16.3. The Bertz CT molecular complexity index is 422. The minimum absolute atomic E-state index is 0.486. The van der Waals surface area contributed by atoms with E-state index in [2.05, 4.69) is 5.10 Å². The Morgan fingerprint density at radius 1 is 1.27 bits per heavy atom. The van der Waals surface area contributed by atoms with Crippen molar-refractivity contribution in [3.8, 4) is 0 Å². The van der Waals surface area contributed by atoms with Crippen molar-refractivity contribution in [2.45, 2.75) is 12.5 Å². The molecule has 1 heterocycles. The summed E-state index contributed by atoms with van der Waals surface area (Å²) in [5.41, 5.74) is 1.98. The van der Waals surface area contributed by atoms with Gasteiger partial charge in [-0.25, -0.2) is 0 Å². The lowest BCUT2D eigenvalue weighted by atomic mass is 10.1. The van der Waals surface area contributed by atoms with Gasteiger partial charge in [0.25, 0.3) is 0 Å². The zero-order valence-electron chi connectivity index (χ0n) is 8.67. The van der Waals surface area contributed by atoms with Crippen molar-refractivity contribution in [3.05, 3.63) is 53.9 Å². The van der Waals surface area contributed by atoms with E-state index in [9.17, 15) is 5.11 Å². The van der Waals surface area contributed by atoms with Gasteiger partial charge in [0.15, 0.2) is 0 Å². The molecule has 0 saturated heterocycles. The molecule has 3 nitrogen and oxygen atoms in total. The molecule has 1 aromatic heterocycles. The molecule has 0 spiro atoms. The van der Waals surface area contributed by atoms with Crippen LogP contribution in [0, 0.1) is 0 Å². The van der Waals surface area contributed by atoms with Crippen molar-refractivity contribution in [2.75, 3.05) is 0 Å². The number of aryl methyl sites for hydroxylation is 1. The number of aromatic nitrogens is 2. The summed E-state index contributed by atoms with van der Waals surface area (Å²) in [6.07, 6.45) is 1.84. The van der Waals surface area contributed by atoms with Crippen molar-refractivity contribution < 1.29 is 5.11 Å². The van der Waals surface area contributed by atoms with Gasteiger partial charge in [-0.3, -0.25) is 4.68 Å². The third-order valence-electron chi connectivity index (χ3n) is 2.47. The summed E-state index contributed by atoms with van der Waals surface area (Å²) in [5.74, 6) is 0. The summed E-state index contributed by atoms with van der Waals surface area (Å²) in [6.45, 7) is 0. The van der Waals surface area contributed by atoms with E-state index in [1.165, 1.54) is 0 Å². The van der Waals surface area contributed by atoms with Gasteiger partial charge in [-0.15, -0.1) is 0 Å². The van der Waals surface area contributed by atoms with Gasteiger partial charge in [-0.1, -0.05) is 30.3 Å². The van der Waals surface area contributed by atoms with Crippen molar-refractivity contribution in [2.24, 2.45) is 7.05 Å². The smallest absolute Gasteiger partial charge is 0.0996 e. The number of rotatable bonds is 3. The highest BCUT2D eigenvalue weighted by molar-refractivity contribution is 5.17. The first kappa shape index (κ1) is 9.93. The summed E-state index contributed by atoms with van der Waals surface area (Å²) < 4.78 is 1.70. The Labute approximate surface area is 89.0 Å². The number of nitrogens with zero attached hydrogens (tertiary/aromatic N) is 2. The second kappa shape index (κ2) is 4.28. The molecule has 0 aliphatic rings. The fraction of sp³-hybridized carbons (Fsp3) is 0.250. The van der Waals surface area contributed by atoms with Gasteiger partial charge < -0.3 is 5.11 Å². The summed E-state index contributed by atoms with van der Waals surface area (Å²) in [6, 6.07) is 11.8. The van der Waals surface area contributed by atoms with Crippen LogP contribution in [-0.4, -0.2) is 14.9 Å². The summed E-state index contributed by atoms with van der Waals surface area (Å²) in [7, 11) is 1.84. The lowest BCUT2D eigenvalue weighted by Gasteiger charge is -2.10. The molecule has 0 aliphatic carbocycles. The molecule has 0 amide bonds. The average Bonchev–Trinajstić information content (AvgIpc) is 2.66. The molecule has 1 aromatic carbocycles. The van der Waals surface area contributed by atoms with E-state index in [-0.39, 0.29) is 0 Å². The largest absolute Gasteiger partial charge is 0.386 e. The lowest BCUT2D eigenvalue weighted by Crippen LogP contribution is -2.07. The van der Waals surface area contributed by atoms with E-state index in [1.807, 2.05) is 43.4 Å². The second-order valence-electron chi connectivity index (χ2n) is 3.59. The topological polar surface area (TPSA) is 38.0 Å². The Morgan fingerprint density at radius 2 is 2.00 bits per heavy atom. The molecule has 2 aromatic rings. The van der Waals surface area contributed by atoms with Crippen molar-refractivity contribution in [1.82, 2.24) is 9.78 Å². The third kappa shape index (κ3) is 2.25. The fourth-order valence-corrected chi connectivity index (χ4v) is 1.65. The van der Waals surface area contributed by atoms with Crippen molar-refractivity contribution in [1.29, 1.82) is 0 Å². The third-order valence-corrected chi connectivity index (χ3v) is 2.47. The van der Waals surface area contributed by atoms with Crippen LogP contribution < -0.4 is 0 Å². The number of aliphatic hydroxyl groups is 1. The predicted octanol–water partition coefficient (Wildman–Crippen LogP) is 1.70. The van der Waals surface area contributed by atoms with Gasteiger partial charge >= 0.3 is 0 Å². The van der Waals surface area contributed by atoms with Crippen LogP contribution in [0.4, 0.5) is 0 Å². The minimum atomic E-state index is -0.486. The van der Waals surface area contributed by atoms with Crippen LogP contribution >= 0.6 is 0 Å². The fourth-order valence-electron chi connectivity index (χ4n) is 1.65. The summed E-state index contributed by atoms with van der Waals surface area (Å²) in [5, 5.41) is 14.0. The number of hydrogen-bond donors (Lipinski definition) is 1. The molecule has 1 N–H and O–H groups in total. The van der Waals surface area contributed by atoms with Gasteiger partial charge in [-0.2, -0.15) is 5.10 Å². The lowest BCUT2D eigenvalue weighted by molar-refractivity contribution is 0.168. The molecule has 15 heavy (non-hydrogen) atoms. The van der Waals surface area contributed by atoms with Crippen LogP contribution in [0.3, 0.4) is 0 Å². The molecule has 0 fully saturated rings. The maximum atomic E-state index is 9.98. The first-order valence-electron chi connectivity index (χ1n) is 4.97. The first-order chi connectivity index (χ1) is 7.27. The van der Waals surface area contributed by atoms with Crippen molar-refractivity contribution in [3.63, 3.8) is 0 Å². The molecule has 0 saturated carbocycles. The number of aliphatic hydroxyl groups excluding tert-OH is 1. The highest BCUT2D eigenvalue weighted by Crippen LogP contribution is 2.16. The molecule has 2 rings (SSSR count). The van der Waals surface area contributed by atoms with Crippen LogP contribution in [0.15, 0.2) is 42.6 Å². The standard InChI is InChI=1S/C12H14N2O/c1-14-11(7-8-13-14)12(15)9-10-5-3-2-4-6-10/h2-8,12,15H,9H2,1H3. The van der Waals surface area contributed by atoms with E-state index in [0.29, 0.717) is 6.42 Å². The average molecular weight is 202 g/mol. The highest BCUT2D eigenvalue weighted by Gasteiger charge is 2.11. The van der Waals surface area contributed by atoms with E-state index in [1.54, 1.807) is 10.9 Å². The monoisotopic (exact) mass is 202 g/mol. The molecular weight excluding hydrogens is 188 g/mol. The zero-order valence-corrected chi connectivity index (χ0v) is 8.67. The number of benzene rings is 1. The van der Waals surface area contributed by atoms with Crippen molar-refractivity contribution >= 4 is 0 Å². The Hall–Kier alpha value is -1.61. The molecule has 0 bridgehead atoms. The van der Waals surface area contributed by atoms with Crippen LogP contribution in [-0.2, 0) is 13.5 Å². The maximum Gasteiger partial charge on any atom is 0.0996 e. The molecular formula is C12H14N2O. The van der Waals surface area contributed by atoms with Gasteiger partial charge in [-0.05, 0) is 11.6 Å². The Kier molecular flexibility index (Phi) is 2.83. The number of hydrogen-bond acceptors (Lipinski definition) is 2. The van der Waals surface area contributed by atoms with Crippen LogP contribution in [0.5, 0.6) is 0 Å². The molecule has 1 atom stereocenters. The van der Waals surface area contributed by atoms with Gasteiger partial charge in [0.2, 0.25) is 0 Å². The normalized spacial score (nSPS) is 12.7. The van der Waals surface area contributed by atoms with E-state index in [4.69, 9.17) is 0 Å². The van der Waals surface area contributed by atoms with E-state index >= 15 is 0 Å². The zero-order chi connectivity index (χ0) is 10.7. The predicted molar refractivity (Wildman–Crippen MR) is 58.3 cm³/mol. The van der Waals surface area contributed by atoms with E-state index < -0.39 is 6.10 Å². The maximum absolute atomic E-state index is 9.98. The van der Waals surface area contributed by atoms with Gasteiger partial charge in [0.1, 0.15) is 0 Å². The first-order valence-corrected chi connectivity index (χ1v) is 4.97. The van der Waals surface area contributed by atoms with Crippen LogP contribution in [0.25, 0.3) is 0 Å². The van der Waals surface area contributed by atoms with Crippen LogP contribution in [0.2, 0.25) is 0 Å². The molecule has 3 heteroatoms. The molecule has 0 radical (unpaired) electrons. The molecule has 78 valence electrons. The quantitative estimate of drug-likeness (QED) is 0.822. The Morgan fingerprint density at radius 3 is 2.60 bits per heavy atom. The molecule has 0 aliphatic heterocycles. The molecule has 1 unspecified atom stereocenters. The second-order valence-corrected chi connectivity index (χ2v) is 3.59. The minimum Gasteiger partial charge on any atom is -0.386 e. The van der Waals surface area contributed by atoms with Gasteiger partial charge in [0.05, 0.1) is 11.8 Å². The van der Waals surface area contributed by atoms with E-state index in [0.717, 1.165) is 11.3 Å². The SMILES string of the molecule is Cn1nccc1C(O)Cc1ccccc1. The Balaban J connectivity index is 2.11. The summed E-state index contributed by atoms with van der Waals surface area (Å²) in [4.78, 5) is 0. The van der Waals surface area contributed by atoms with Crippen LogP contribution in [0.1, 0.15) is 17.4 Å².